The van der Waals surface area contributed by atoms with Crippen molar-refractivity contribution in [3.63, 3.8) is 0 Å². The molecule has 0 spiro atoms. The predicted molar refractivity (Wildman–Crippen MR) is 110 cm³/mol. The van der Waals surface area contributed by atoms with Crippen LogP contribution in [0.4, 0.5) is 23.1 Å². The summed E-state index contributed by atoms with van der Waals surface area (Å²) in [4.78, 5) is 29.1. The molecule has 28 heavy (non-hydrogen) atoms. The summed E-state index contributed by atoms with van der Waals surface area (Å²) in [7, 11) is 0. The first kappa shape index (κ1) is 17.9. The molecule has 1 N–H and O–H groups in total. The summed E-state index contributed by atoms with van der Waals surface area (Å²) in [5.41, 5.74) is 1.58. The lowest BCUT2D eigenvalue weighted by Gasteiger charge is -2.36. The molecule has 3 heterocycles. The van der Waals surface area contributed by atoms with E-state index >= 15 is 0 Å². The average Bonchev–Trinajstić information content (AvgIpc) is 2.75. The van der Waals surface area contributed by atoms with E-state index in [1.807, 2.05) is 54.7 Å². The second kappa shape index (κ2) is 8.04. The maximum absolute atomic E-state index is 11.4. The zero-order chi connectivity index (χ0) is 19.3. The summed E-state index contributed by atoms with van der Waals surface area (Å²) in [5.74, 6) is 2.70. The van der Waals surface area contributed by atoms with Gasteiger partial charge < -0.3 is 15.1 Å². The Bertz CT molecular complexity index is 937. The Balaban J connectivity index is 1.41. The van der Waals surface area contributed by atoms with E-state index in [4.69, 9.17) is 0 Å². The van der Waals surface area contributed by atoms with Crippen LogP contribution in [-0.2, 0) is 0 Å². The highest BCUT2D eigenvalue weighted by Gasteiger charge is 2.19. The predicted octanol–water partition coefficient (Wildman–Crippen LogP) is 3.14. The van der Waals surface area contributed by atoms with Crippen molar-refractivity contribution in [2.24, 2.45) is 0 Å². The monoisotopic (exact) mass is 374 g/mol. The molecular weight excluding hydrogens is 352 g/mol. The number of carbonyl (C=O) groups is 1. The lowest BCUT2D eigenvalue weighted by atomic mass is 10.1. The van der Waals surface area contributed by atoms with Gasteiger partial charge in [0, 0.05) is 49.7 Å². The van der Waals surface area contributed by atoms with Crippen LogP contribution in [0.3, 0.4) is 0 Å². The summed E-state index contributed by atoms with van der Waals surface area (Å²) >= 11 is 0. The molecule has 0 bridgehead atoms. The topological polar surface area (TPSA) is 74.2 Å². The van der Waals surface area contributed by atoms with Crippen LogP contribution in [-0.4, -0.2) is 46.9 Å². The number of anilines is 4. The Hall–Kier alpha value is -3.48. The summed E-state index contributed by atoms with van der Waals surface area (Å²) in [6, 6.07) is 15.3. The highest BCUT2D eigenvalue weighted by atomic mass is 16.1. The molecule has 0 atom stereocenters. The van der Waals surface area contributed by atoms with Crippen LogP contribution in [0.1, 0.15) is 17.3 Å². The third-order valence-corrected chi connectivity index (χ3v) is 4.79. The highest BCUT2D eigenvalue weighted by molar-refractivity contribution is 5.94. The molecule has 1 aliphatic heterocycles. The van der Waals surface area contributed by atoms with Crippen LogP contribution >= 0.6 is 0 Å². The van der Waals surface area contributed by atoms with Crippen molar-refractivity contribution >= 4 is 28.9 Å². The summed E-state index contributed by atoms with van der Waals surface area (Å²) in [5, 5.41) is 3.27. The third kappa shape index (κ3) is 4.09. The Morgan fingerprint density at radius 3 is 2.25 bits per heavy atom. The lowest BCUT2D eigenvalue weighted by molar-refractivity contribution is 0.101. The van der Waals surface area contributed by atoms with Gasteiger partial charge in [-0.2, -0.15) is 0 Å². The molecule has 7 nitrogen and oxygen atoms in total. The van der Waals surface area contributed by atoms with Gasteiger partial charge in [-0.1, -0.05) is 6.07 Å². The Kier molecular flexibility index (Phi) is 5.14. The lowest BCUT2D eigenvalue weighted by Crippen LogP contribution is -2.47. The SMILES string of the molecule is CC(=O)c1ccc(Nc2cc(N3CCN(c4ccccn4)CC3)ncn2)cc1. The van der Waals surface area contributed by atoms with E-state index in [1.54, 1.807) is 13.3 Å². The van der Waals surface area contributed by atoms with Gasteiger partial charge in [0.2, 0.25) is 0 Å². The molecule has 0 amide bonds. The number of hydrogen-bond acceptors (Lipinski definition) is 7. The minimum Gasteiger partial charge on any atom is -0.353 e. The van der Waals surface area contributed by atoms with E-state index in [0.29, 0.717) is 5.56 Å². The van der Waals surface area contributed by atoms with Gasteiger partial charge in [0.1, 0.15) is 23.8 Å². The smallest absolute Gasteiger partial charge is 0.159 e. The fraction of sp³-hybridized carbons (Fsp3) is 0.238. The number of ketones is 1. The Labute approximate surface area is 164 Å². The number of piperazine rings is 1. The normalized spacial score (nSPS) is 14.0. The van der Waals surface area contributed by atoms with Gasteiger partial charge in [0.25, 0.3) is 0 Å². The molecule has 0 saturated carbocycles. The quantitative estimate of drug-likeness (QED) is 0.688. The summed E-state index contributed by atoms with van der Waals surface area (Å²) < 4.78 is 0. The zero-order valence-electron chi connectivity index (χ0n) is 15.7. The van der Waals surface area contributed by atoms with Crippen LogP contribution in [0.5, 0.6) is 0 Å². The third-order valence-electron chi connectivity index (χ3n) is 4.79. The first-order valence-electron chi connectivity index (χ1n) is 9.30. The summed E-state index contributed by atoms with van der Waals surface area (Å²) in [6.07, 6.45) is 3.40. The van der Waals surface area contributed by atoms with Gasteiger partial charge in [-0.25, -0.2) is 15.0 Å². The largest absolute Gasteiger partial charge is 0.353 e. The molecule has 1 saturated heterocycles. The van der Waals surface area contributed by atoms with Crippen LogP contribution in [0.25, 0.3) is 0 Å². The number of aromatic nitrogens is 3. The molecule has 0 aliphatic carbocycles. The molecule has 7 heteroatoms. The van der Waals surface area contributed by atoms with E-state index in [-0.39, 0.29) is 5.78 Å². The van der Waals surface area contributed by atoms with Crippen LogP contribution in [0.2, 0.25) is 0 Å². The molecule has 142 valence electrons. The van der Waals surface area contributed by atoms with Crippen molar-refractivity contribution in [2.75, 3.05) is 41.3 Å². The Morgan fingerprint density at radius 1 is 0.893 bits per heavy atom. The molecule has 3 aromatic rings. The van der Waals surface area contributed by atoms with Crippen molar-refractivity contribution in [2.45, 2.75) is 6.92 Å². The number of rotatable bonds is 5. The second-order valence-electron chi connectivity index (χ2n) is 6.68. The second-order valence-corrected chi connectivity index (χ2v) is 6.68. The number of benzene rings is 1. The number of carbonyl (C=O) groups excluding carboxylic acids is 1. The molecule has 0 radical (unpaired) electrons. The van der Waals surface area contributed by atoms with Crippen molar-refractivity contribution < 1.29 is 4.79 Å². The van der Waals surface area contributed by atoms with Crippen LogP contribution in [0.15, 0.2) is 61.1 Å². The fourth-order valence-corrected chi connectivity index (χ4v) is 3.23. The summed E-state index contributed by atoms with van der Waals surface area (Å²) in [6.45, 7) is 5.11. The maximum Gasteiger partial charge on any atom is 0.159 e. The molecule has 1 fully saturated rings. The number of nitrogens with one attached hydrogen (secondary N) is 1. The van der Waals surface area contributed by atoms with Crippen molar-refractivity contribution in [3.05, 3.63) is 66.6 Å². The van der Waals surface area contributed by atoms with Gasteiger partial charge in [-0.05, 0) is 43.3 Å². The van der Waals surface area contributed by atoms with Crippen molar-refractivity contribution in [1.82, 2.24) is 15.0 Å². The number of nitrogens with zero attached hydrogens (tertiary/aromatic N) is 5. The average molecular weight is 374 g/mol. The van der Waals surface area contributed by atoms with Gasteiger partial charge in [-0.3, -0.25) is 4.79 Å². The van der Waals surface area contributed by atoms with Crippen molar-refractivity contribution in [3.8, 4) is 0 Å². The van der Waals surface area contributed by atoms with E-state index in [9.17, 15) is 4.79 Å². The molecule has 0 unspecified atom stereocenters. The fourth-order valence-electron chi connectivity index (χ4n) is 3.23. The van der Waals surface area contributed by atoms with Gasteiger partial charge in [0.15, 0.2) is 5.78 Å². The first-order valence-corrected chi connectivity index (χ1v) is 9.30. The number of hydrogen-bond donors (Lipinski definition) is 1. The minimum absolute atomic E-state index is 0.0562. The van der Waals surface area contributed by atoms with Crippen LogP contribution in [0, 0.1) is 0 Å². The Morgan fingerprint density at radius 2 is 1.61 bits per heavy atom. The van der Waals surface area contributed by atoms with E-state index in [2.05, 4.69) is 30.1 Å². The zero-order valence-corrected chi connectivity index (χ0v) is 15.7. The van der Waals surface area contributed by atoms with Gasteiger partial charge in [-0.15, -0.1) is 0 Å². The molecule has 2 aromatic heterocycles. The maximum atomic E-state index is 11.4. The standard InChI is InChI=1S/C21H22N6O/c1-16(28)17-5-7-18(8-6-17)25-19-14-21(24-15-23-19)27-12-10-26(11-13-27)20-4-2-3-9-22-20/h2-9,14-15H,10-13H2,1H3,(H,23,24,25). The molecule has 1 aromatic carbocycles. The van der Waals surface area contributed by atoms with E-state index in [1.165, 1.54) is 0 Å². The molecular formula is C21H22N6O. The molecule has 4 rings (SSSR count). The van der Waals surface area contributed by atoms with E-state index in [0.717, 1.165) is 49.3 Å². The molecule has 1 aliphatic rings. The van der Waals surface area contributed by atoms with Gasteiger partial charge >= 0.3 is 0 Å². The number of pyridine rings is 1. The van der Waals surface area contributed by atoms with Crippen LogP contribution < -0.4 is 15.1 Å². The van der Waals surface area contributed by atoms with E-state index < -0.39 is 0 Å². The first-order chi connectivity index (χ1) is 13.7. The van der Waals surface area contributed by atoms with Crippen molar-refractivity contribution in [1.29, 1.82) is 0 Å². The number of Topliss-reactive ketones (excluding diaryl/α,β-unsaturated/α-hetero) is 1. The van der Waals surface area contributed by atoms with Gasteiger partial charge in [0.05, 0.1) is 0 Å². The minimum atomic E-state index is 0.0562. The highest BCUT2D eigenvalue weighted by Crippen LogP contribution is 2.21.